The van der Waals surface area contributed by atoms with Crippen LogP contribution in [0.25, 0.3) is 0 Å². The molecule has 0 heterocycles. The minimum absolute atomic E-state index is 0.00630. The Balaban J connectivity index is 2.67. The van der Waals surface area contributed by atoms with Gasteiger partial charge in [-0.3, -0.25) is 0 Å². The molecule has 2 atom stereocenters. The van der Waals surface area contributed by atoms with Gasteiger partial charge in [0.2, 0.25) is 0 Å². The average molecular weight is 332 g/mol. The fourth-order valence-electron chi connectivity index (χ4n) is 3.87. The van der Waals surface area contributed by atoms with Crippen LogP contribution < -0.4 is 0 Å². The molecule has 2 N–H and O–H groups in total. The molecule has 24 heavy (non-hydrogen) atoms. The molecule has 1 aromatic carbocycles. The fourth-order valence-corrected chi connectivity index (χ4v) is 3.87. The van der Waals surface area contributed by atoms with Crippen molar-refractivity contribution in [2.45, 2.75) is 72.6 Å². The van der Waals surface area contributed by atoms with E-state index >= 15 is 0 Å². The zero-order chi connectivity index (χ0) is 20.5. The second-order valence-corrected chi connectivity index (χ2v) is 7.15. The first kappa shape index (κ1) is 14.6. The van der Waals surface area contributed by atoms with E-state index in [1.165, 1.54) is 0 Å². The van der Waals surface area contributed by atoms with Gasteiger partial charge in [-0.1, -0.05) is 37.1 Å². The molecule has 2 heteroatoms. The van der Waals surface area contributed by atoms with Crippen molar-refractivity contribution < 1.29 is 14.3 Å². The second-order valence-electron chi connectivity index (χ2n) is 7.15. The van der Waals surface area contributed by atoms with E-state index in [-0.39, 0.29) is 23.3 Å². The summed E-state index contributed by atoms with van der Waals surface area (Å²) < 4.78 is 23.3. The summed E-state index contributed by atoms with van der Waals surface area (Å²) >= 11 is 0. The summed E-state index contributed by atoms with van der Waals surface area (Å²) in [5.74, 6) is -0.218. The number of allylic oxidation sites excluding steroid dienone is 3. The molecule has 0 fully saturated rings. The van der Waals surface area contributed by atoms with Crippen LogP contribution in [0.15, 0.2) is 23.8 Å². The molecule has 0 unspecified atom stereocenters. The van der Waals surface area contributed by atoms with Gasteiger partial charge in [0.15, 0.2) is 0 Å². The van der Waals surface area contributed by atoms with Crippen LogP contribution >= 0.6 is 0 Å². The van der Waals surface area contributed by atoms with E-state index < -0.39 is 6.85 Å². The Morgan fingerprint density at radius 1 is 1.29 bits per heavy atom. The maximum atomic E-state index is 11.0. The third-order valence-corrected chi connectivity index (χ3v) is 5.41. The van der Waals surface area contributed by atoms with Crippen LogP contribution in [-0.2, 0) is 6.42 Å². The molecular weight excluding hydrogens is 296 g/mol. The van der Waals surface area contributed by atoms with E-state index in [4.69, 9.17) is 4.11 Å². The Morgan fingerprint density at radius 3 is 2.42 bits per heavy atom. The molecule has 0 amide bonds. The van der Waals surface area contributed by atoms with Crippen molar-refractivity contribution in [3.8, 4) is 11.5 Å². The molecule has 0 aromatic heterocycles. The lowest BCUT2D eigenvalue weighted by atomic mass is 9.72. The summed E-state index contributed by atoms with van der Waals surface area (Å²) in [6, 6.07) is 0. The molecule has 2 nitrogen and oxygen atoms in total. The Kier molecular flexibility index (Phi) is 4.55. The summed E-state index contributed by atoms with van der Waals surface area (Å²) in [4.78, 5) is 0. The summed E-state index contributed by atoms with van der Waals surface area (Å²) in [6.45, 7) is 9.71. The van der Waals surface area contributed by atoms with Crippen molar-refractivity contribution in [1.82, 2.24) is 0 Å². The van der Waals surface area contributed by atoms with Gasteiger partial charge in [-0.25, -0.2) is 0 Å². The van der Waals surface area contributed by atoms with Crippen molar-refractivity contribution in [3.05, 3.63) is 46.1 Å². The first-order chi connectivity index (χ1) is 12.5. The van der Waals surface area contributed by atoms with Gasteiger partial charge in [-0.05, 0) is 75.9 Å². The third kappa shape index (κ3) is 3.38. The SMILES string of the molecule is [2H]C([2H])([2H])C1=C[C@@H](c2c(O)c(C)c(CCCC)c(C)c2O)[C@H](C(=C)C)CC1. The van der Waals surface area contributed by atoms with E-state index in [1.807, 2.05) is 20.8 Å². The standard InChI is InChI=1S/C22H32O2/c1-7-8-9-18-15(5)21(23)20(22(24)16(18)6)19-12-14(4)10-11-17(19)13(2)3/h12,17,19,23-24H,2,7-11H2,1,3-6H3/t17-,19+/m0/s1/i4D3. The normalized spacial score (nSPS) is 23.2. The van der Waals surface area contributed by atoms with Gasteiger partial charge in [-0.15, -0.1) is 0 Å². The van der Waals surface area contributed by atoms with Crippen molar-refractivity contribution >= 4 is 0 Å². The lowest BCUT2D eigenvalue weighted by Gasteiger charge is -2.32. The highest BCUT2D eigenvalue weighted by molar-refractivity contribution is 5.60. The largest absolute Gasteiger partial charge is 0.507 e. The van der Waals surface area contributed by atoms with Crippen molar-refractivity contribution in [3.63, 3.8) is 0 Å². The Hall–Kier alpha value is -1.70. The lowest BCUT2D eigenvalue weighted by Crippen LogP contribution is -2.18. The second kappa shape index (κ2) is 7.46. The first-order valence-electron chi connectivity index (χ1n) is 10.4. The number of phenolic OH excluding ortho intramolecular Hbond substituents is 2. The maximum Gasteiger partial charge on any atom is 0.126 e. The fraction of sp³-hybridized carbons (Fsp3) is 0.545. The molecule has 0 radical (unpaired) electrons. The van der Waals surface area contributed by atoms with Gasteiger partial charge in [0.25, 0.3) is 0 Å². The van der Waals surface area contributed by atoms with E-state index in [1.54, 1.807) is 6.08 Å². The number of hydrogen-bond donors (Lipinski definition) is 2. The maximum absolute atomic E-state index is 11.0. The summed E-state index contributed by atoms with van der Waals surface area (Å²) in [6.07, 6.45) is 5.70. The van der Waals surface area contributed by atoms with E-state index in [0.29, 0.717) is 24.0 Å². The molecule has 0 bridgehead atoms. The zero-order valence-corrected chi connectivity index (χ0v) is 15.4. The molecule has 0 aliphatic heterocycles. The van der Waals surface area contributed by atoms with Crippen LogP contribution in [0.2, 0.25) is 0 Å². The Bertz CT molecular complexity index is 731. The monoisotopic (exact) mass is 331 g/mol. The lowest BCUT2D eigenvalue weighted by molar-refractivity contribution is 0.401. The van der Waals surface area contributed by atoms with E-state index in [9.17, 15) is 10.2 Å². The summed E-state index contributed by atoms with van der Waals surface area (Å²) in [5.41, 5.74) is 4.32. The topological polar surface area (TPSA) is 40.5 Å². The van der Waals surface area contributed by atoms with Crippen LogP contribution in [0, 0.1) is 19.8 Å². The number of benzene rings is 1. The van der Waals surface area contributed by atoms with Gasteiger partial charge < -0.3 is 10.2 Å². The van der Waals surface area contributed by atoms with Crippen LogP contribution in [0.5, 0.6) is 11.5 Å². The highest BCUT2D eigenvalue weighted by Crippen LogP contribution is 2.49. The minimum Gasteiger partial charge on any atom is -0.507 e. The molecule has 1 aliphatic carbocycles. The number of hydrogen-bond acceptors (Lipinski definition) is 2. The molecule has 2 rings (SSSR count). The molecule has 132 valence electrons. The molecule has 1 aliphatic rings. The Labute approximate surface area is 151 Å². The molecule has 0 spiro atoms. The molecular formula is C22H32O2. The van der Waals surface area contributed by atoms with Crippen molar-refractivity contribution in [2.24, 2.45) is 5.92 Å². The zero-order valence-electron chi connectivity index (χ0n) is 18.4. The van der Waals surface area contributed by atoms with E-state index in [2.05, 4.69) is 13.5 Å². The van der Waals surface area contributed by atoms with Crippen LogP contribution in [0.1, 0.15) is 78.7 Å². The van der Waals surface area contributed by atoms with Crippen LogP contribution in [0.3, 0.4) is 0 Å². The summed E-state index contributed by atoms with van der Waals surface area (Å²) in [7, 11) is 0. The number of unbranched alkanes of at least 4 members (excludes halogenated alkanes) is 1. The number of phenols is 2. The quantitative estimate of drug-likeness (QED) is 0.642. The van der Waals surface area contributed by atoms with Crippen LogP contribution in [0.4, 0.5) is 0 Å². The van der Waals surface area contributed by atoms with Gasteiger partial charge in [0, 0.05) is 15.6 Å². The smallest absolute Gasteiger partial charge is 0.126 e. The first-order valence-corrected chi connectivity index (χ1v) is 8.91. The van der Waals surface area contributed by atoms with Gasteiger partial charge in [-0.2, -0.15) is 0 Å². The minimum atomic E-state index is -2.16. The van der Waals surface area contributed by atoms with Gasteiger partial charge in [0.1, 0.15) is 11.5 Å². The Morgan fingerprint density at radius 2 is 1.92 bits per heavy atom. The van der Waals surface area contributed by atoms with Crippen molar-refractivity contribution in [1.29, 1.82) is 0 Å². The highest BCUT2D eigenvalue weighted by atomic mass is 16.3. The molecule has 0 saturated carbocycles. The highest BCUT2D eigenvalue weighted by Gasteiger charge is 2.32. The molecule has 0 saturated heterocycles. The van der Waals surface area contributed by atoms with Gasteiger partial charge in [0.05, 0.1) is 0 Å². The van der Waals surface area contributed by atoms with Crippen LogP contribution in [-0.4, -0.2) is 10.2 Å². The van der Waals surface area contributed by atoms with E-state index in [0.717, 1.165) is 41.5 Å². The van der Waals surface area contributed by atoms with Crippen molar-refractivity contribution in [2.75, 3.05) is 0 Å². The average Bonchev–Trinajstić information content (AvgIpc) is 2.59. The summed E-state index contributed by atoms with van der Waals surface area (Å²) in [5, 5.41) is 21.9. The number of aromatic hydroxyl groups is 2. The third-order valence-electron chi connectivity index (χ3n) is 5.41. The number of rotatable bonds is 5. The van der Waals surface area contributed by atoms with Gasteiger partial charge >= 0.3 is 0 Å². The molecule has 1 aromatic rings. The predicted octanol–water partition coefficient (Wildman–Crippen LogP) is 6.07. The predicted molar refractivity (Wildman–Crippen MR) is 102 cm³/mol.